The van der Waals surface area contributed by atoms with Gasteiger partial charge in [-0.3, -0.25) is 4.79 Å². The Morgan fingerprint density at radius 1 is 1.05 bits per heavy atom. The molecule has 0 saturated carbocycles. The van der Waals surface area contributed by atoms with Crippen molar-refractivity contribution in [3.8, 4) is 11.1 Å². The minimum absolute atomic E-state index is 0.313. The van der Waals surface area contributed by atoms with Crippen LogP contribution in [0.2, 0.25) is 0 Å². The third-order valence-corrected chi connectivity index (χ3v) is 4.67. The average Bonchev–Trinajstić information content (AvgIpc) is 2.79. The molecule has 2 N–H and O–H groups in total. The van der Waals surface area contributed by atoms with Gasteiger partial charge in [-0.05, 0) is 65.6 Å². The van der Waals surface area contributed by atoms with E-state index < -0.39 is 0 Å². The summed E-state index contributed by atoms with van der Waals surface area (Å²) in [6, 6.07) is 10.5. The number of primary amides is 1. The van der Waals surface area contributed by atoms with E-state index in [2.05, 4.69) is 37.3 Å². The van der Waals surface area contributed by atoms with Gasteiger partial charge in [0.05, 0.1) is 0 Å². The molecule has 21 heavy (non-hydrogen) atoms. The first kappa shape index (κ1) is 12.4. The first-order valence-electron chi connectivity index (χ1n) is 7.39. The van der Waals surface area contributed by atoms with Gasteiger partial charge in [-0.1, -0.05) is 35.9 Å². The first-order valence-corrected chi connectivity index (χ1v) is 7.39. The lowest BCUT2D eigenvalue weighted by molar-refractivity contribution is 0.0999. The van der Waals surface area contributed by atoms with Crippen molar-refractivity contribution in [1.29, 1.82) is 0 Å². The van der Waals surface area contributed by atoms with Crippen LogP contribution in [0.1, 0.15) is 39.5 Å². The first-order chi connectivity index (χ1) is 10.1. The monoisotopic (exact) mass is 275 g/mol. The summed E-state index contributed by atoms with van der Waals surface area (Å²) in [5.74, 6) is -0.313. The molecule has 2 heteroatoms. The lowest BCUT2D eigenvalue weighted by atomic mass is 9.78. The van der Waals surface area contributed by atoms with Crippen LogP contribution in [-0.2, 0) is 19.3 Å². The zero-order chi connectivity index (χ0) is 14.6. The van der Waals surface area contributed by atoms with Crippen molar-refractivity contribution in [1.82, 2.24) is 0 Å². The highest BCUT2D eigenvalue weighted by Crippen LogP contribution is 2.40. The summed E-state index contributed by atoms with van der Waals surface area (Å²) in [6.45, 7) is 2.18. The second-order valence-electron chi connectivity index (χ2n) is 6.03. The second kappa shape index (κ2) is 4.32. The van der Waals surface area contributed by atoms with Crippen molar-refractivity contribution in [3.05, 3.63) is 63.7 Å². The minimum Gasteiger partial charge on any atom is -0.366 e. The largest absolute Gasteiger partial charge is 0.366 e. The van der Waals surface area contributed by atoms with Gasteiger partial charge in [0.15, 0.2) is 0 Å². The van der Waals surface area contributed by atoms with Crippen molar-refractivity contribution in [2.24, 2.45) is 5.73 Å². The number of hydrogen-bond donors (Lipinski definition) is 1. The fourth-order valence-corrected chi connectivity index (χ4v) is 3.59. The third-order valence-electron chi connectivity index (χ3n) is 4.67. The Labute approximate surface area is 124 Å². The van der Waals surface area contributed by atoms with Gasteiger partial charge < -0.3 is 5.73 Å². The fourth-order valence-electron chi connectivity index (χ4n) is 3.59. The van der Waals surface area contributed by atoms with E-state index in [1.807, 2.05) is 6.07 Å². The van der Waals surface area contributed by atoms with Gasteiger partial charge in [0.25, 0.3) is 0 Å². The highest BCUT2D eigenvalue weighted by molar-refractivity contribution is 5.97. The van der Waals surface area contributed by atoms with Crippen molar-refractivity contribution in [2.75, 3.05) is 0 Å². The molecule has 1 amide bonds. The Hall–Kier alpha value is -2.35. The number of hydrogen-bond acceptors (Lipinski definition) is 1. The fraction of sp³-hybridized carbons (Fsp3) is 0.211. The number of fused-ring (bicyclic) bond motifs is 2. The van der Waals surface area contributed by atoms with Crippen molar-refractivity contribution >= 4 is 12.0 Å². The molecule has 0 bridgehead atoms. The molecular formula is C19H17NO. The molecule has 2 aromatic rings. The topological polar surface area (TPSA) is 43.1 Å². The Kier molecular flexibility index (Phi) is 2.55. The smallest absolute Gasteiger partial charge is 0.248 e. The maximum Gasteiger partial charge on any atom is 0.248 e. The Morgan fingerprint density at radius 3 is 2.57 bits per heavy atom. The van der Waals surface area contributed by atoms with Crippen LogP contribution in [0.4, 0.5) is 0 Å². The molecule has 104 valence electrons. The molecule has 2 aliphatic carbocycles. The van der Waals surface area contributed by atoms with Gasteiger partial charge >= 0.3 is 0 Å². The summed E-state index contributed by atoms with van der Waals surface area (Å²) in [7, 11) is 0. The molecule has 0 unspecified atom stereocenters. The van der Waals surface area contributed by atoms with E-state index in [9.17, 15) is 4.79 Å². The molecule has 0 heterocycles. The minimum atomic E-state index is -0.313. The average molecular weight is 275 g/mol. The molecule has 0 aromatic heterocycles. The molecule has 2 aliphatic rings. The van der Waals surface area contributed by atoms with E-state index in [4.69, 9.17) is 5.73 Å². The Balaban J connectivity index is 1.92. The quantitative estimate of drug-likeness (QED) is 0.895. The van der Waals surface area contributed by atoms with Gasteiger partial charge in [-0.25, -0.2) is 0 Å². The van der Waals surface area contributed by atoms with Crippen LogP contribution in [0.5, 0.6) is 0 Å². The molecule has 0 aliphatic heterocycles. The predicted octanol–water partition coefficient (Wildman–Crippen LogP) is 3.51. The van der Waals surface area contributed by atoms with Crippen molar-refractivity contribution in [3.63, 3.8) is 0 Å². The van der Waals surface area contributed by atoms with Gasteiger partial charge in [-0.15, -0.1) is 0 Å². The maximum absolute atomic E-state index is 11.5. The second-order valence-corrected chi connectivity index (χ2v) is 6.03. The Morgan fingerprint density at radius 2 is 1.86 bits per heavy atom. The van der Waals surface area contributed by atoms with E-state index in [0.29, 0.717) is 5.56 Å². The molecule has 0 saturated heterocycles. The summed E-state index contributed by atoms with van der Waals surface area (Å²) < 4.78 is 0. The Bertz CT molecular complexity index is 815. The van der Waals surface area contributed by atoms with Crippen molar-refractivity contribution < 1.29 is 4.79 Å². The molecule has 0 fully saturated rings. The van der Waals surface area contributed by atoms with Gasteiger partial charge in [-0.2, -0.15) is 0 Å². The SMILES string of the molecule is CC1=Cc2c(cccc2-c2ccc(C(N)=O)c3c2CC3)C1. The predicted molar refractivity (Wildman–Crippen MR) is 85.2 cm³/mol. The van der Waals surface area contributed by atoms with Gasteiger partial charge in [0.1, 0.15) is 0 Å². The van der Waals surface area contributed by atoms with Crippen LogP contribution >= 0.6 is 0 Å². The number of amides is 1. The number of rotatable bonds is 2. The van der Waals surface area contributed by atoms with Crippen molar-refractivity contribution in [2.45, 2.75) is 26.2 Å². The van der Waals surface area contributed by atoms with Gasteiger partial charge in [0.2, 0.25) is 5.91 Å². The van der Waals surface area contributed by atoms with E-state index >= 15 is 0 Å². The van der Waals surface area contributed by atoms with Crippen LogP contribution in [0, 0.1) is 0 Å². The van der Waals surface area contributed by atoms with E-state index in [1.165, 1.54) is 33.4 Å². The van der Waals surface area contributed by atoms with E-state index in [-0.39, 0.29) is 5.91 Å². The number of carbonyl (C=O) groups is 1. The molecule has 0 spiro atoms. The lowest BCUT2D eigenvalue weighted by Crippen LogP contribution is -2.21. The zero-order valence-electron chi connectivity index (χ0n) is 12.1. The number of carbonyl (C=O) groups excluding carboxylic acids is 1. The lowest BCUT2D eigenvalue weighted by Gasteiger charge is -2.26. The third kappa shape index (κ3) is 1.75. The number of nitrogens with two attached hydrogens (primary N) is 1. The summed E-state index contributed by atoms with van der Waals surface area (Å²) in [5.41, 5.74) is 15.3. The number of allylic oxidation sites excluding steroid dienone is 1. The molecule has 0 atom stereocenters. The van der Waals surface area contributed by atoms with Crippen LogP contribution in [0.25, 0.3) is 17.2 Å². The summed E-state index contributed by atoms with van der Waals surface area (Å²) in [4.78, 5) is 11.5. The van der Waals surface area contributed by atoms with Crippen LogP contribution in [0.15, 0.2) is 35.9 Å². The van der Waals surface area contributed by atoms with Gasteiger partial charge in [0, 0.05) is 5.56 Å². The normalized spacial score (nSPS) is 15.0. The summed E-state index contributed by atoms with van der Waals surface area (Å²) in [6.07, 6.45) is 5.34. The van der Waals surface area contributed by atoms with Crippen LogP contribution in [-0.4, -0.2) is 5.91 Å². The van der Waals surface area contributed by atoms with E-state index in [0.717, 1.165) is 24.8 Å². The van der Waals surface area contributed by atoms with Crippen LogP contribution in [0.3, 0.4) is 0 Å². The summed E-state index contributed by atoms with van der Waals surface area (Å²) >= 11 is 0. The van der Waals surface area contributed by atoms with Crippen LogP contribution < -0.4 is 5.73 Å². The highest BCUT2D eigenvalue weighted by Gasteiger charge is 2.25. The standard InChI is InChI=1S/C19H17NO/c1-11-9-12-3-2-4-13(18(12)10-11)14-7-8-17(19(20)21)16-6-5-15(14)16/h2-4,7-8,10H,5-6,9H2,1H3,(H2,20,21). The van der Waals surface area contributed by atoms with E-state index in [1.54, 1.807) is 0 Å². The molecule has 2 aromatic carbocycles. The molecule has 2 nitrogen and oxygen atoms in total. The number of benzene rings is 2. The maximum atomic E-state index is 11.5. The zero-order valence-corrected chi connectivity index (χ0v) is 12.1. The molecule has 0 radical (unpaired) electrons. The molecule has 4 rings (SSSR count). The molecular weight excluding hydrogens is 258 g/mol. The highest BCUT2D eigenvalue weighted by atomic mass is 16.1. The summed E-state index contributed by atoms with van der Waals surface area (Å²) in [5, 5.41) is 0.